The Hall–Kier alpha value is -1.51. The number of nitrogens with one attached hydrogen (secondary N) is 1. The topological polar surface area (TPSA) is 66.9 Å². The number of fused-ring (bicyclic) bond motifs is 1. The lowest BCUT2D eigenvalue weighted by Gasteiger charge is -2.34. The fourth-order valence-electron chi connectivity index (χ4n) is 2.81. The molecule has 0 amide bonds. The molecule has 1 unspecified atom stereocenters. The van der Waals surface area contributed by atoms with Crippen molar-refractivity contribution in [1.29, 1.82) is 0 Å². The number of hydrogen-bond acceptors (Lipinski definition) is 6. The van der Waals surface area contributed by atoms with Crippen LogP contribution in [0.4, 0.5) is 5.82 Å². The molecule has 0 radical (unpaired) electrons. The second-order valence-corrected chi connectivity index (χ2v) is 7.34. The van der Waals surface area contributed by atoms with Gasteiger partial charge in [-0.1, -0.05) is 0 Å². The number of anilines is 1. The van der Waals surface area contributed by atoms with E-state index in [0.717, 1.165) is 57.3 Å². The highest BCUT2D eigenvalue weighted by molar-refractivity contribution is 9.10. The fraction of sp³-hybridized carbons (Fsp3) is 0.400. The van der Waals surface area contributed by atoms with Crippen molar-refractivity contribution in [3.8, 4) is 11.4 Å². The minimum atomic E-state index is 0.310. The molecule has 1 aliphatic heterocycles. The predicted molar refractivity (Wildman–Crippen MR) is 95.1 cm³/mol. The molecule has 3 aromatic rings. The highest BCUT2D eigenvalue weighted by Crippen LogP contribution is 2.36. The van der Waals surface area contributed by atoms with E-state index in [0.29, 0.717) is 6.04 Å². The summed E-state index contributed by atoms with van der Waals surface area (Å²) in [5, 5.41) is 7.23. The molecule has 0 bridgehead atoms. The van der Waals surface area contributed by atoms with Crippen LogP contribution < -0.4 is 4.90 Å². The number of pyridine rings is 1. The van der Waals surface area contributed by atoms with Gasteiger partial charge >= 0.3 is 0 Å². The number of H-pyrrole nitrogens is 1. The minimum absolute atomic E-state index is 0.310. The zero-order valence-corrected chi connectivity index (χ0v) is 15.2. The van der Waals surface area contributed by atoms with E-state index in [1.807, 2.05) is 13.0 Å². The van der Waals surface area contributed by atoms with E-state index in [1.54, 1.807) is 0 Å². The van der Waals surface area contributed by atoms with Crippen molar-refractivity contribution in [1.82, 2.24) is 19.6 Å². The maximum atomic E-state index is 5.53. The molecule has 1 N–H and O–H groups in total. The fourth-order valence-corrected chi connectivity index (χ4v) is 4.16. The largest absolute Gasteiger partial charge is 0.377 e. The number of hydrogen-bond donors (Lipinski definition) is 1. The number of morpholine rings is 1. The van der Waals surface area contributed by atoms with Gasteiger partial charge in [-0.15, -0.1) is 0 Å². The van der Waals surface area contributed by atoms with Gasteiger partial charge in [0.15, 0.2) is 0 Å². The summed E-state index contributed by atoms with van der Waals surface area (Å²) >= 11 is 5.12. The van der Waals surface area contributed by atoms with Crippen LogP contribution in [0.5, 0.6) is 0 Å². The van der Waals surface area contributed by atoms with E-state index in [1.165, 1.54) is 11.5 Å². The monoisotopic (exact) mass is 393 g/mol. The standard InChI is InChI=1S/C15H16BrN5OS/c1-8-5-11(19-18-8)13-14-15(23-20-13)10(16)6-12(17-14)21-3-4-22-7-9(21)2/h5-6,9H,3-4,7H2,1-2H3,(H,18,19). The molecule has 3 aromatic heterocycles. The molecule has 4 rings (SSSR count). The summed E-state index contributed by atoms with van der Waals surface area (Å²) in [4.78, 5) is 7.18. The average Bonchev–Trinajstić information content (AvgIpc) is 3.14. The van der Waals surface area contributed by atoms with Crippen LogP contribution in [0.1, 0.15) is 12.6 Å². The number of aromatic nitrogens is 4. The van der Waals surface area contributed by atoms with E-state index in [-0.39, 0.29) is 0 Å². The molecular weight excluding hydrogens is 378 g/mol. The summed E-state index contributed by atoms with van der Waals surface area (Å²) in [7, 11) is 0. The molecule has 8 heteroatoms. The molecule has 0 spiro atoms. The van der Waals surface area contributed by atoms with E-state index in [2.05, 4.69) is 48.4 Å². The van der Waals surface area contributed by atoms with Crippen LogP contribution in [0.2, 0.25) is 0 Å². The molecule has 1 aliphatic rings. The molecule has 0 aromatic carbocycles. The summed E-state index contributed by atoms with van der Waals surface area (Å²) in [5.74, 6) is 0.956. The molecular formula is C15H16BrN5OS. The van der Waals surface area contributed by atoms with Crippen molar-refractivity contribution >= 4 is 43.5 Å². The Balaban J connectivity index is 1.85. The van der Waals surface area contributed by atoms with Crippen molar-refractivity contribution in [3.63, 3.8) is 0 Å². The van der Waals surface area contributed by atoms with Crippen molar-refractivity contribution in [2.24, 2.45) is 0 Å². The number of aromatic amines is 1. The molecule has 0 saturated carbocycles. The first-order chi connectivity index (χ1) is 11.1. The van der Waals surface area contributed by atoms with Crippen molar-refractivity contribution in [2.45, 2.75) is 19.9 Å². The molecule has 1 fully saturated rings. The van der Waals surface area contributed by atoms with Gasteiger partial charge in [0, 0.05) is 11.0 Å². The predicted octanol–water partition coefficient (Wildman–Crippen LogP) is 3.38. The van der Waals surface area contributed by atoms with Gasteiger partial charge in [0.25, 0.3) is 0 Å². The Bertz CT molecular complexity index is 861. The minimum Gasteiger partial charge on any atom is -0.377 e. The molecule has 1 saturated heterocycles. The molecule has 6 nitrogen and oxygen atoms in total. The first-order valence-electron chi connectivity index (χ1n) is 7.46. The first kappa shape index (κ1) is 15.0. The van der Waals surface area contributed by atoms with Gasteiger partial charge in [-0.3, -0.25) is 5.10 Å². The van der Waals surface area contributed by atoms with E-state index >= 15 is 0 Å². The second kappa shape index (κ2) is 5.85. The van der Waals surface area contributed by atoms with Crippen molar-refractivity contribution in [3.05, 3.63) is 22.3 Å². The van der Waals surface area contributed by atoms with Crippen LogP contribution in [0.15, 0.2) is 16.6 Å². The summed E-state index contributed by atoms with van der Waals surface area (Å²) in [6.45, 7) is 6.42. The van der Waals surface area contributed by atoms with Crippen LogP contribution >= 0.6 is 27.5 Å². The highest BCUT2D eigenvalue weighted by Gasteiger charge is 2.23. The number of aryl methyl sites for hydroxylation is 1. The Kier molecular flexibility index (Phi) is 3.82. The van der Waals surface area contributed by atoms with E-state index in [4.69, 9.17) is 9.72 Å². The van der Waals surface area contributed by atoms with Gasteiger partial charge in [0.2, 0.25) is 0 Å². The molecule has 1 atom stereocenters. The first-order valence-corrected chi connectivity index (χ1v) is 9.03. The maximum Gasteiger partial charge on any atom is 0.130 e. The lowest BCUT2D eigenvalue weighted by Crippen LogP contribution is -2.44. The molecule has 23 heavy (non-hydrogen) atoms. The lowest BCUT2D eigenvalue weighted by molar-refractivity contribution is 0.0985. The molecule has 120 valence electrons. The zero-order valence-electron chi connectivity index (χ0n) is 12.8. The number of rotatable bonds is 2. The molecule has 4 heterocycles. The third kappa shape index (κ3) is 2.64. The third-order valence-corrected chi connectivity index (χ3v) is 5.75. The summed E-state index contributed by atoms with van der Waals surface area (Å²) in [6.07, 6.45) is 0. The van der Waals surface area contributed by atoms with Crippen LogP contribution in [-0.2, 0) is 4.74 Å². The quantitative estimate of drug-likeness (QED) is 0.722. The third-order valence-electron chi connectivity index (χ3n) is 3.99. The normalized spacial score (nSPS) is 18.7. The smallest absolute Gasteiger partial charge is 0.130 e. The SMILES string of the molecule is Cc1cc(-c2nsc3c(Br)cc(N4CCOCC4C)nc23)[nH]n1. The van der Waals surface area contributed by atoms with Gasteiger partial charge in [0.1, 0.15) is 17.0 Å². The zero-order chi connectivity index (χ0) is 16.0. The van der Waals surface area contributed by atoms with Gasteiger partial charge < -0.3 is 9.64 Å². The second-order valence-electron chi connectivity index (χ2n) is 5.71. The maximum absolute atomic E-state index is 5.53. The summed E-state index contributed by atoms with van der Waals surface area (Å²) in [5.41, 5.74) is 3.61. The van der Waals surface area contributed by atoms with E-state index in [9.17, 15) is 0 Å². The Morgan fingerprint density at radius 1 is 1.43 bits per heavy atom. The lowest BCUT2D eigenvalue weighted by atomic mass is 10.2. The van der Waals surface area contributed by atoms with Crippen LogP contribution in [0, 0.1) is 6.92 Å². The summed E-state index contributed by atoms with van der Waals surface area (Å²) in [6, 6.07) is 4.38. The van der Waals surface area contributed by atoms with Crippen LogP contribution in [-0.4, -0.2) is 45.4 Å². The van der Waals surface area contributed by atoms with Gasteiger partial charge in [-0.25, -0.2) is 4.98 Å². The number of halogens is 1. The van der Waals surface area contributed by atoms with Crippen LogP contribution in [0.25, 0.3) is 21.6 Å². The highest BCUT2D eigenvalue weighted by atomic mass is 79.9. The van der Waals surface area contributed by atoms with Crippen molar-refractivity contribution < 1.29 is 4.74 Å². The number of nitrogens with zero attached hydrogens (tertiary/aromatic N) is 4. The van der Waals surface area contributed by atoms with E-state index < -0.39 is 0 Å². The Morgan fingerprint density at radius 2 is 2.30 bits per heavy atom. The van der Waals surface area contributed by atoms with Gasteiger partial charge in [-0.2, -0.15) is 9.47 Å². The average molecular weight is 394 g/mol. The molecule has 0 aliphatic carbocycles. The van der Waals surface area contributed by atoms with Gasteiger partial charge in [0.05, 0.1) is 35.3 Å². The Labute approximate surface area is 146 Å². The summed E-state index contributed by atoms with van der Waals surface area (Å²) < 4.78 is 12.2. The van der Waals surface area contributed by atoms with Crippen molar-refractivity contribution in [2.75, 3.05) is 24.7 Å². The van der Waals surface area contributed by atoms with Crippen LogP contribution in [0.3, 0.4) is 0 Å². The number of ether oxygens (including phenoxy) is 1. The Morgan fingerprint density at radius 3 is 3.04 bits per heavy atom. The van der Waals surface area contributed by atoms with Gasteiger partial charge in [-0.05, 0) is 53.4 Å².